The molecular weight excluding hydrogens is 485 g/mol. The third-order valence-electron chi connectivity index (χ3n) is 8.92. The summed E-state index contributed by atoms with van der Waals surface area (Å²) in [6.07, 6.45) is 5.51. The molecule has 2 nitrogen and oxygen atoms in total. The standard InChI is InChI=1S/C33H50O2Si2/c1-27-28(26-35-36(9,10)31(2,3)4)22-24-33(27,8)23-17-25-34-37(32(5,6)7,29-18-13-11-14-19-29)30-20-15-12-16-21-30/h11-16,18-22H,1,17,23-26H2,2-10H3. The van der Waals surface area contributed by atoms with E-state index in [0.29, 0.717) is 6.61 Å². The number of allylic oxidation sites excluding steroid dienone is 1. The Morgan fingerprint density at radius 1 is 0.811 bits per heavy atom. The maximum absolute atomic E-state index is 7.14. The van der Waals surface area contributed by atoms with Crippen LogP contribution in [0.3, 0.4) is 0 Å². The minimum Gasteiger partial charge on any atom is -0.413 e. The molecule has 1 unspecified atom stereocenters. The van der Waals surface area contributed by atoms with Gasteiger partial charge in [-0.2, -0.15) is 0 Å². The molecule has 0 saturated heterocycles. The van der Waals surface area contributed by atoms with Gasteiger partial charge in [-0.05, 0) is 69.4 Å². The smallest absolute Gasteiger partial charge is 0.261 e. The SMILES string of the molecule is C=C1C(CO[Si](C)(C)C(C)(C)C)=CCC1(C)CCCO[Si](c1ccccc1)(c1ccccc1)C(C)(C)C. The summed E-state index contributed by atoms with van der Waals surface area (Å²) < 4.78 is 13.7. The van der Waals surface area contributed by atoms with E-state index >= 15 is 0 Å². The first-order valence-corrected chi connectivity index (χ1v) is 18.7. The summed E-state index contributed by atoms with van der Waals surface area (Å²) >= 11 is 0. The molecule has 0 aromatic heterocycles. The average Bonchev–Trinajstić information content (AvgIpc) is 3.11. The van der Waals surface area contributed by atoms with E-state index in [-0.39, 0.29) is 15.5 Å². The van der Waals surface area contributed by atoms with Gasteiger partial charge in [0.25, 0.3) is 8.32 Å². The fourth-order valence-electron chi connectivity index (χ4n) is 5.31. The second-order valence-corrected chi connectivity index (χ2v) is 22.8. The molecule has 0 amide bonds. The summed E-state index contributed by atoms with van der Waals surface area (Å²) in [5.74, 6) is 0. The van der Waals surface area contributed by atoms with Crippen molar-refractivity contribution in [3.05, 3.63) is 84.5 Å². The zero-order valence-electron chi connectivity index (χ0n) is 24.9. The van der Waals surface area contributed by atoms with E-state index in [2.05, 4.69) is 135 Å². The molecule has 0 bridgehead atoms. The lowest BCUT2D eigenvalue weighted by molar-refractivity contribution is 0.259. The Hall–Kier alpha value is -1.73. The van der Waals surface area contributed by atoms with Crippen LogP contribution in [0, 0.1) is 5.41 Å². The van der Waals surface area contributed by atoms with Gasteiger partial charge in [-0.1, -0.05) is 122 Å². The molecule has 1 aliphatic rings. The van der Waals surface area contributed by atoms with Crippen LogP contribution in [-0.2, 0) is 8.85 Å². The lowest BCUT2D eigenvalue weighted by atomic mass is 9.79. The highest BCUT2D eigenvalue weighted by molar-refractivity contribution is 6.99. The van der Waals surface area contributed by atoms with E-state index < -0.39 is 16.6 Å². The zero-order valence-corrected chi connectivity index (χ0v) is 26.9. The molecule has 0 aliphatic heterocycles. The molecule has 0 fully saturated rings. The molecule has 2 aromatic rings. The molecule has 4 heteroatoms. The molecule has 1 atom stereocenters. The predicted octanol–water partition coefficient (Wildman–Crippen LogP) is 8.26. The van der Waals surface area contributed by atoms with E-state index in [1.54, 1.807) is 0 Å². The molecule has 0 saturated carbocycles. The van der Waals surface area contributed by atoms with Crippen LogP contribution in [0.4, 0.5) is 0 Å². The number of benzene rings is 2. The predicted molar refractivity (Wildman–Crippen MR) is 166 cm³/mol. The molecule has 0 N–H and O–H groups in total. The molecular formula is C33H50O2Si2. The fourth-order valence-corrected chi connectivity index (χ4v) is 10.9. The van der Waals surface area contributed by atoms with Crippen molar-refractivity contribution in [2.45, 2.75) is 90.9 Å². The Labute approximate surface area is 229 Å². The van der Waals surface area contributed by atoms with Gasteiger partial charge in [0.15, 0.2) is 8.32 Å². The number of hydrogen-bond acceptors (Lipinski definition) is 2. The average molecular weight is 535 g/mol. The van der Waals surface area contributed by atoms with Crippen LogP contribution in [0.25, 0.3) is 0 Å². The van der Waals surface area contributed by atoms with Gasteiger partial charge in [-0.3, -0.25) is 0 Å². The van der Waals surface area contributed by atoms with E-state index in [1.165, 1.54) is 21.5 Å². The van der Waals surface area contributed by atoms with Crippen molar-refractivity contribution in [1.82, 2.24) is 0 Å². The molecule has 202 valence electrons. The van der Waals surface area contributed by atoms with Crippen LogP contribution >= 0.6 is 0 Å². The Morgan fingerprint density at radius 2 is 1.32 bits per heavy atom. The van der Waals surface area contributed by atoms with Crippen LogP contribution < -0.4 is 10.4 Å². The zero-order chi connectivity index (χ0) is 27.5. The van der Waals surface area contributed by atoms with Gasteiger partial charge < -0.3 is 8.85 Å². The third kappa shape index (κ3) is 6.30. The first-order chi connectivity index (χ1) is 17.1. The van der Waals surface area contributed by atoms with Crippen molar-refractivity contribution in [2.75, 3.05) is 13.2 Å². The lowest BCUT2D eigenvalue weighted by Crippen LogP contribution is -2.66. The summed E-state index contributed by atoms with van der Waals surface area (Å²) in [5, 5.41) is 2.91. The molecule has 0 radical (unpaired) electrons. The van der Waals surface area contributed by atoms with Crippen LogP contribution in [0.15, 0.2) is 84.5 Å². The third-order valence-corrected chi connectivity index (χ3v) is 18.4. The quantitative estimate of drug-likeness (QED) is 0.226. The van der Waals surface area contributed by atoms with Crippen LogP contribution in [-0.4, -0.2) is 29.8 Å². The maximum Gasteiger partial charge on any atom is 0.261 e. The van der Waals surface area contributed by atoms with Gasteiger partial charge in [0.05, 0.1) is 6.61 Å². The van der Waals surface area contributed by atoms with Gasteiger partial charge in [0.2, 0.25) is 0 Å². The Morgan fingerprint density at radius 3 is 1.78 bits per heavy atom. The summed E-state index contributed by atoms with van der Waals surface area (Å²) in [6.45, 7) is 27.0. The van der Waals surface area contributed by atoms with Crippen molar-refractivity contribution in [3.8, 4) is 0 Å². The van der Waals surface area contributed by atoms with Crippen molar-refractivity contribution in [3.63, 3.8) is 0 Å². The Balaban J connectivity index is 1.70. The molecule has 2 aromatic carbocycles. The summed E-state index contributed by atoms with van der Waals surface area (Å²) in [7, 11) is -4.26. The minimum atomic E-state index is -2.48. The van der Waals surface area contributed by atoms with Crippen LogP contribution in [0.1, 0.15) is 67.7 Å². The van der Waals surface area contributed by atoms with Crippen molar-refractivity contribution in [1.29, 1.82) is 0 Å². The van der Waals surface area contributed by atoms with Gasteiger partial charge in [-0.15, -0.1) is 0 Å². The number of hydrogen-bond donors (Lipinski definition) is 0. The van der Waals surface area contributed by atoms with Gasteiger partial charge in [0.1, 0.15) is 0 Å². The summed E-state index contributed by atoms with van der Waals surface area (Å²) in [5.41, 5.74) is 2.65. The normalized spacial score (nSPS) is 19.3. The van der Waals surface area contributed by atoms with E-state index in [4.69, 9.17) is 8.85 Å². The minimum absolute atomic E-state index is 0.00632. The highest BCUT2D eigenvalue weighted by atomic mass is 28.4. The van der Waals surface area contributed by atoms with E-state index in [0.717, 1.165) is 25.9 Å². The van der Waals surface area contributed by atoms with Gasteiger partial charge in [-0.25, -0.2) is 0 Å². The Bertz CT molecular complexity index is 1040. The van der Waals surface area contributed by atoms with Crippen molar-refractivity contribution >= 4 is 27.0 Å². The van der Waals surface area contributed by atoms with Crippen molar-refractivity contribution < 1.29 is 8.85 Å². The van der Waals surface area contributed by atoms with E-state index in [1.807, 2.05) is 0 Å². The molecule has 1 aliphatic carbocycles. The van der Waals surface area contributed by atoms with Gasteiger partial charge in [0, 0.05) is 6.61 Å². The van der Waals surface area contributed by atoms with Crippen LogP contribution in [0.2, 0.25) is 23.2 Å². The molecule has 0 spiro atoms. The highest BCUT2D eigenvalue weighted by Gasteiger charge is 2.50. The first-order valence-electron chi connectivity index (χ1n) is 13.9. The Kier molecular flexibility index (Phi) is 9.01. The van der Waals surface area contributed by atoms with Crippen LogP contribution in [0.5, 0.6) is 0 Å². The van der Waals surface area contributed by atoms with Crippen molar-refractivity contribution in [2.24, 2.45) is 5.41 Å². The largest absolute Gasteiger partial charge is 0.413 e. The lowest BCUT2D eigenvalue weighted by Gasteiger charge is -2.43. The second-order valence-electron chi connectivity index (χ2n) is 13.6. The van der Waals surface area contributed by atoms with E-state index in [9.17, 15) is 0 Å². The summed E-state index contributed by atoms with van der Waals surface area (Å²) in [6, 6.07) is 21.9. The second kappa shape index (κ2) is 11.2. The topological polar surface area (TPSA) is 18.5 Å². The summed E-state index contributed by atoms with van der Waals surface area (Å²) in [4.78, 5) is 0. The first kappa shape index (κ1) is 29.8. The van der Waals surface area contributed by atoms with Gasteiger partial charge >= 0.3 is 0 Å². The maximum atomic E-state index is 7.14. The molecule has 0 heterocycles. The monoisotopic (exact) mass is 534 g/mol. The number of rotatable bonds is 10. The highest BCUT2D eigenvalue weighted by Crippen LogP contribution is 2.46. The molecule has 3 rings (SSSR count). The molecule has 37 heavy (non-hydrogen) atoms. The fraction of sp³-hybridized carbons (Fsp3) is 0.515.